The molecule has 0 saturated carbocycles. The largest absolute Gasteiger partial charge is 0.394 e. The van der Waals surface area contributed by atoms with Crippen molar-refractivity contribution in [2.24, 2.45) is 5.73 Å². The van der Waals surface area contributed by atoms with Crippen LogP contribution in [0.25, 0.3) is 0 Å². The molecule has 3 N–H and O–H groups in total. The Kier molecular flexibility index (Phi) is 3.72. The zero-order valence-corrected chi connectivity index (χ0v) is 9.72. The van der Waals surface area contributed by atoms with Gasteiger partial charge in [-0.2, -0.15) is 0 Å². The van der Waals surface area contributed by atoms with E-state index in [-0.39, 0.29) is 11.5 Å². The van der Waals surface area contributed by atoms with Crippen LogP contribution in [0.15, 0.2) is 23.1 Å². The van der Waals surface area contributed by atoms with Crippen molar-refractivity contribution >= 4 is 21.4 Å². The summed E-state index contributed by atoms with van der Waals surface area (Å²) in [5.74, 6) is 0. The van der Waals surface area contributed by atoms with Gasteiger partial charge in [0, 0.05) is 11.3 Å². The number of aliphatic hydroxyl groups excluding tert-OH is 1. The average molecular weight is 250 g/mol. The summed E-state index contributed by atoms with van der Waals surface area (Å²) in [6, 6.07) is 3.68. The minimum absolute atomic E-state index is 0.0663. The predicted octanol–water partition coefficient (Wildman–Crippen LogP) is 0.736. The molecule has 0 aliphatic rings. The number of benzene rings is 1. The maximum Gasteiger partial charge on any atom is 0.175 e. The zero-order chi connectivity index (χ0) is 11.6. The molecule has 6 heteroatoms. The van der Waals surface area contributed by atoms with Gasteiger partial charge >= 0.3 is 0 Å². The van der Waals surface area contributed by atoms with Crippen LogP contribution in [-0.4, -0.2) is 26.4 Å². The van der Waals surface area contributed by atoms with Crippen molar-refractivity contribution in [2.45, 2.75) is 10.9 Å². The van der Waals surface area contributed by atoms with E-state index in [1.165, 1.54) is 12.1 Å². The highest BCUT2D eigenvalue weighted by Gasteiger charge is 2.17. The van der Waals surface area contributed by atoms with Crippen LogP contribution in [0.2, 0.25) is 5.02 Å². The Labute approximate surface area is 93.6 Å². The quantitative estimate of drug-likeness (QED) is 0.828. The summed E-state index contributed by atoms with van der Waals surface area (Å²) in [5, 5.41) is 9.22. The molecule has 1 aromatic carbocycles. The normalized spacial score (nSPS) is 13.9. The molecule has 15 heavy (non-hydrogen) atoms. The van der Waals surface area contributed by atoms with Crippen LogP contribution in [0.1, 0.15) is 11.6 Å². The van der Waals surface area contributed by atoms with Gasteiger partial charge in [0.05, 0.1) is 17.5 Å². The minimum Gasteiger partial charge on any atom is -0.394 e. The monoisotopic (exact) mass is 249 g/mol. The van der Waals surface area contributed by atoms with E-state index in [1.807, 2.05) is 0 Å². The number of aliphatic hydroxyl groups is 1. The molecule has 0 bridgehead atoms. The molecule has 4 nitrogen and oxygen atoms in total. The van der Waals surface area contributed by atoms with Crippen LogP contribution in [0.3, 0.4) is 0 Å². The van der Waals surface area contributed by atoms with Crippen LogP contribution in [0.5, 0.6) is 0 Å². The smallest absolute Gasteiger partial charge is 0.175 e. The SMILES string of the molecule is CS(=O)(=O)c1cc(Cl)ccc1[C@H](N)CO. The molecule has 0 heterocycles. The van der Waals surface area contributed by atoms with Crippen molar-refractivity contribution in [3.63, 3.8) is 0 Å². The van der Waals surface area contributed by atoms with Gasteiger partial charge in [-0.1, -0.05) is 17.7 Å². The highest BCUT2D eigenvalue weighted by atomic mass is 35.5. The Morgan fingerprint density at radius 2 is 2.13 bits per heavy atom. The fourth-order valence-electron chi connectivity index (χ4n) is 1.23. The van der Waals surface area contributed by atoms with E-state index in [4.69, 9.17) is 22.4 Å². The zero-order valence-electron chi connectivity index (χ0n) is 8.14. The molecular weight excluding hydrogens is 238 g/mol. The highest BCUT2D eigenvalue weighted by Crippen LogP contribution is 2.24. The van der Waals surface area contributed by atoms with Gasteiger partial charge in [-0.3, -0.25) is 0 Å². The second-order valence-electron chi connectivity index (χ2n) is 3.24. The lowest BCUT2D eigenvalue weighted by atomic mass is 10.1. The summed E-state index contributed by atoms with van der Waals surface area (Å²) in [4.78, 5) is 0.0663. The standard InChI is InChI=1S/C9H12ClNO3S/c1-15(13,14)9-4-6(10)2-3-7(9)8(11)5-12/h2-4,8,12H,5,11H2,1H3/t8-/m1/s1. The summed E-state index contributed by atoms with van der Waals surface area (Å²) < 4.78 is 22.9. The summed E-state index contributed by atoms with van der Waals surface area (Å²) >= 11 is 5.70. The summed E-state index contributed by atoms with van der Waals surface area (Å²) in [5.41, 5.74) is 5.96. The molecule has 84 valence electrons. The van der Waals surface area contributed by atoms with Crippen LogP contribution < -0.4 is 5.73 Å². The van der Waals surface area contributed by atoms with Crippen molar-refractivity contribution in [2.75, 3.05) is 12.9 Å². The van der Waals surface area contributed by atoms with Crippen molar-refractivity contribution in [3.05, 3.63) is 28.8 Å². The van der Waals surface area contributed by atoms with Gasteiger partial charge in [-0.25, -0.2) is 8.42 Å². The fourth-order valence-corrected chi connectivity index (χ4v) is 2.46. The molecule has 0 unspecified atom stereocenters. The lowest BCUT2D eigenvalue weighted by Crippen LogP contribution is -2.17. The predicted molar refractivity (Wildman–Crippen MR) is 58.6 cm³/mol. The molecule has 0 amide bonds. The number of sulfone groups is 1. The Morgan fingerprint density at radius 3 is 2.60 bits per heavy atom. The molecule has 0 aliphatic carbocycles. The van der Waals surface area contributed by atoms with E-state index in [2.05, 4.69) is 0 Å². The van der Waals surface area contributed by atoms with Crippen molar-refractivity contribution in [3.8, 4) is 0 Å². The molecule has 1 aromatic rings. The van der Waals surface area contributed by atoms with Gasteiger partial charge in [0.15, 0.2) is 9.84 Å². The van der Waals surface area contributed by atoms with E-state index >= 15 is 0 Å². The van der Waals surface area contributed by atoms with Crippen LogP contribution in [-0.2, 0) is 9.84 Å². The third kappa shape index (κ3) is 2.92. The number of halogens is 1. The first-order valence-corrected chi connectivity index (χ1v) is 6.49. The Balaban J connectivity index is 3.40. The third-order valence-electron chi connectivity index (χ3n) is 1.97. The minimum atomic E-state index is -3.39. The lowest BCUT2D eigenvalue weighted by molar-refractivity contribution is 0.266. The van der Waals surface area contributed by atoms with E-state index in [0.717, 1.165) is 6.26 Å². The van der Waals surface area contributed by atoms with E-state index in [0.29, 0.717) is 10.6 Å². The van der Waals surface area contributed by atoms with Crippen LogP contribution >= 0.6 is 11.6 Å². The number of hydrogen-bond donors (Lipinski definition) is 2. The Bertz CT molecular complexity index is 458. The van der Waals surface area contributed by atoms with Crippen molar-refractivity contribution in [1.29, 1.82) is 0 Å². The first-order valence-electron chi connectivity index (χ1n) is 4.22. The van der Waals surface area contributed by atoms with Gasteiger partial charge in [0.25, 0.3) is 0 Å². The summed E-state index contributed by atoms with van der Waals surface area (Å²) in [7, 11) is -3.39. The van der Waals surface area contributed by atoms with Crippen LogP contribution in [0.4, 0.5) is 0 Å². The van der Waals surface area contributed by atoms with E-state index in [9.17, 15) is 8.42 Å². The average Bonchev–Trinajstić information content (AvgIpc) is 2.15. The second kappa shape index (κ2) is 4.49. The molecule has 0 saturated heterocycles. The third-order valence-corrected chi connectivity index (χ3v) is 3.36. The first-order chi connectivity index (χ1) is 6.86. The molecule has 0 aliphatic heterocycles. The maximum absolute atomic E-state index is 11.4. The summed E-state index contributed by atoms with van der Waals surface area (Å²) in [6.07, 6.45) is 1.08. The highest BCUT2D eigenvalue weighted by molar-refractivity contribution is 7.90. The maximum atomic E-state index is 11.4. The van der Waals surface area contributed by atoms with E-state index in [1.54, 1.807) is 6.07 Å². The molecule has 0 fully saturated rings. The van der Waals surface area contributed by atoms with Gasteiger partial charge in [-0.05, 0) is 17.7 Å². The molecule has 1 atom stereocenters. The van der Waals surface area contributed by atoms with E-state index < -0.39 is 15.9 Å². The second-order valence-corrected chi connectivity index (χ2v) is 5.66. The molecule has 1 rings (SSSR count). The van der Waals surface area contributed by atoms with Gasteiger partial charge in [-0.15, -0.1) is 0 Å². The molecular formula is C9H12ClNO3S. The summed E-state index contributed by atoms with van der Waals surface area (Å²) in [6.45, 7) is -0.315. The first kappa shape index (κ1) is 12.4. The lowest BCUT2D eigenvalue weighted by Gasteiger charge is -2.13. The van der Waals surface area contributed by atoms with Crippen molar-refractivity contribution in [1.82, 2.24) is 0 Å². The molecule has 0 radical (unpaired) electrons. The molecule has 0 aromatic heterocycles. The number of hydrogen-bond acceptors (Lipinski definition) is 4. The Hall–Kier alpha value is -0.620. The Morgan fingerprint density at radius 1 is 1.53 bits per heavy atom. The fraction of sp³-hybridized carbons (Fsp3) is 0.333. The molecule has 0 spiro atoms. The number of rotatable bonds is 3. The van der Waals surface area contributed by atoms with Crippen LogP contribution in [0, 0.1) is 0 Å². The van der Waals surface area contributed by atoms with Crippen molar-refractivity contribution < 1.29 is 13.5 Å². The van der Waals surface area contributed by atoms with Gasteiger partial charge in [0.2, 0.25) is 0 Å². The van der Waals surface area contributed by atoms with Gasteiger partial charge in [0.1, 0.15) is 0 Å². The number of nitrogens with two attached hydrogens (primary N) is 1. The van der Waals surface area contributed by atoms with Gasteiger partial charge < -0.3 is 10.8 Å². The topological polar surface area (TPSA) is 80.4 Å².